The molecule has 0 unspecified atom stereocenters. The van der Waals surface area contributed by atoms with Gasteiger partial charge in [-0.1, -0.05) is 6.07 Å². The topological polar surface area (TPSA) is 78.6 Å². The Hall–Kier alpha value is -1.11. The van der Waals surface area contributed by atoms with E-state index in [1.54, 1.807) is 0 Å². The summed E-state index contributed by atoms with van der Waals surface area (Å²) in [4.78, 5) is 0. The molecule has 0 bridgehead atoms. The second-order valence-corrected chi connectivity index (χ2v) is 7.65. The monoisotopic (exact) mass is 313 g/mol. The van der Waals surface area contributed by atoms with Gasteiger partial charge in [-0.25, -0.2) is 13.6 Å². The van der Waals surface area contributed by atoms with Crippen molar-refractivity contribution in [3.63, 3.8) is 0 Å². The fraction of sp³-hybridized carbons (Fsp3) is 0.600. The average molecular weight is 313 g/mol. The van der Waals surface area contributed by atoms with Gasteiger partial charge in [0.2, 0.25) is 10.0 Å². The van der Waals surface area contributed by atoms with Crippen LogP contribution in [0.1, 0.15) is 24.0 Å². The van der Waals surface area contributed by atoms with E-state index >= 15 is 0 Å². The molecule has 5 nitrogen and oxygen atoms in total. The van der Waals surface area contributed by atoms with Crippen LogP contribution in [0.3, 0.4) is 0 Å². The van der Waals surface area contributed by atoms with Crippen molar-refractivity contribution < 1.29 is 17.9 Å². The van der Waals surface area contributed by atoms with Crippen molar-refractivity contribution in [2.45, 2.75) is 26.7 Å². The number of hydrogen-bond donors (Lipinski definition) is 1. The molecule has 118 valence electrons. The third-order valence-corrected chi connectivity index (χ3v) is 4.82. The summed E-state index contributed by atoms with van der Waals surface area (Å²) in [5.41, 5.74) is 1.79. The number of rotatable bonds is 5. The highest BCUT2D eigenvalue weighted by Crippen LogP contribution is 2.33. The van der Waals surface area contributed by atoms with E-state index in [4.69, 9.17) is 14.6 Å². The smallest absolute Gasteiger partial charge is 0.209 e. The Morgan fingerprint density at radius 3 is 2.29 bits per heavy atom. The molecule has 0 radical (unpaired) electrons. The quantitative estimate of drug-likeness (QED) is 0.898. The molecule has 1 fully saturated rings. The van der Waals surface area contributed by atoms with Crippen molar-refractivity contribution in [3.8, 4) is 5.75 Å². The van der Waals surface area contributed by atoms with E-state index in [1.165, 1.54) is 0 Å². The molecule has 0 saturated carbocycles. The standard InChI is InChI=1S/C15H23NO4S/c1-12-7-13(2)9-14(8-12)20-10-15(11-21(16,17)18)3-5-19-6-4-15/h7-9H,3-6,10-11H2,1-2H3,(H2,16,17,18). The Kier molecular flexibility index (Phi) is 4.91. The molecule has 2 N–H and O–H groups in total. The lowest BCUT2D eigenvalue weighted by atomic mass is 9.83. The Morgan fingerprint density at radius 1 is 1.19 bits per heavy atom. The van der Waals surface area contributed by atoms with Crippen LogP contribution in [0.2, 0.25) is 0 Å². The van der Waals surface area contributed by atoms with Gasteiger partial charge in [0.25, 0.3) is 0 Å². The van der Waals surface area contributed by atoms with Crippen molar-refractivity contribution >= 4 is 10.0 Å². The molecule has 1 aromatic carbocycles. The number of aryl methyl sites for hydroxylation is 2. The highest BCUT2D eigenvalue weighted by atomic mass is 32.2. The summed E-state index contributed by atoms with van der Waals surface area (Å²) in [6.45, 7) is 5.45. The van der Waals surface area contributed by atoms with E-state index < -0.39 is 15.4 Å². The number of ether oxygens (including phenoxy) is 2. The van der Waals surface area contributed by atoms with Crippen LogP contribution in [-0.4, -0.2) is 34.0 Å². The van der Waals surface area contributed by atoms with Gasteiger partial charge in [-0.05, 0) is 49.9 Å². The predicted octanol–water partition coefficient (Wildman–Crippen LogP) is 1.77. The maximum absolute atomic E-state index is 11.5. The Bertz CT molecular complexity index is 571. The van der Waals surface area contributed by atoms with Crippen LogP contribution in [0.25, 0.3) is 0 Å². The zero-order valence-electron chi connectivity index (χ0n) is 12.6. The molecule has 6 heteroatoms. The third-order valence-electron chi connectivity index (χ3n) is 3.80. The van der Waals surface area contributed by atoms with E-state index in [1.807, 2.05) is 26.0 Å². The Balaban J connectivity index is 2.11. The van der Waals surface area contributed by atoms with Gasteiger partial charge in [-0.2, -0.15) is 0 Å². The van der Waals surface area contributed by atoms with E-state index in [-0.39, 0.29) is 5.75 Å². The van der Waals surface area contributed by atoms with Crippen LogP contribution < -0.4 is 9.88 Å². The molecule has 0 spiro atoms. The van der Waals surface area contributed by atoms with E-state index in [9.17, 15) is 8.42 Å². The van der Waals surface area contributed by atoms with Crippen LogP contribution in [0, 0.1) is 19.3 Å². The number of sulfonamides is 1. The van der Waals surface area contributed by atoms with Crippen LogP contribution in [0.15, 0.2) is 18.2 Å². The van der Waals surface area contributed by atoms with Gasteiger partial charge in [0, 0.05) is 18.6 Å². The summed E-state index contributed by atoms with van der Waals surface area (Å²) in [6.07, 6.45) is 1.29. The van der Waals surface area contributed by atoms with Crippen molar-refractivity contribution in [2.24, 2.45) is 10.6 Å². The maximum atomic E-state index is 11.5. The zero-order chi connectivity index (χ0) is 15.5. The average Bonchev–Trinajstić information content (AvgIpc) is 2.34. The van der Waals surface area contributed by atoms with Gasteiger partial charge in [-0.15, -0.1) is 0 Å². The third kappa shape index (κ3) is 4.98. The van der Waals surface area contributed by atoms with Crippen molar-refractivity contribution in [1.29, 1.82) is 0 Å². The van der Waals surface area contributed by atoms with E-state index in [0.717, 1.165) is 16.9 Å². The van der Waals surface area contributed by atoms with Crippen LogP contribution >= 0.6 is 0 Å². The molecule has 1 heterocycles. The lowest BCUT2D eigenvalue weighted by molar-refractivity contribution is 0.00207. The molecule has 0 aliphatic carbocycles. The van der Waals surface area contributed by atoms with Crippen LogP contribution in [0.4, 0.5) is 0 Å². The second kappa shape index (κ2) is 6.34. The van der Waals surface area contributed by atoms with Gasteiger partial charge >= 0.3 is 0 Å². The molecule has 0 aromatic heterocycles. The van der Waals surface area contributed by atoms with Crippen molar-refractivity contribution in [3.05, 3.63) is 29.3 Å². The SMILES string of the molecule is Cc1cc(C)cc(OCC2(CS(N)(=O)=O)CCOCC2)c1. The van der Waals surface area contributed by atoms with Crippen molar-refractivity contribution in [2.75, 3.05) is 25.6 Å². The fourth-order valence-corrected chi connectivity index (χ4v) is 4.04. The molecular weight excluding hydrogens is 290 g/mol. The minimum absolute atomic E-state index is 0.0614. The molecule has 2 rings (SSSR count). The summed E-state index contributed by atoms with van der Waals surface area (Å²) < 4.78 is 34.2. The first kappa shape index (κ1) is 16.3. The summed E-state index contributed by atoms with van der Waals surface area (Å²) in [6, 6.07) is 5.98. The highest BCUT2D eigenvalue weighted by molar-refractivity contribution is 7.89. The molecule has 1 aliphatic heterocycles. The second-order valence-electron chi connectivity index (χ2n) is 6.03. The minimum Gasteiger partial charge on any atom is -0.493 e. The van der Waals surface area contributed by atoms with Gasteiger partial charge < -0.3 is 9.47 Å². The van der Waals surface area contributed by atoms with Gasteiger partial charge in [-0.3, -0.25) is 0 Å². The lowest BCUT2D eigenvalue weighted by Crippen LogP contribution is -2.42. The normalized spacial score (nSPS) is 18.4. The highest BCUT2D eigenvalue weighted by Gasteiger charge is 2.37. The molecular formula is C15H23NO4S. The molecule has 0 amide bonds. The molecule has 1 saturated heterocycles. The number of benzene rings is 1. The zero-order valence-corrected chi connectivity index (χ0v) is 13.4. The number of primary sulfonamides is 1. The van der Waals surface area contributed by atoms with Gasteiger partial charge in [0.05, 0.1) is 12.4 Å². The first-order valence-electron chi connectivity index (χ1n) is 7.07. The van der Waals surface area contributed by atoms with Crippen LogP contribution in [-0.2, 0) is 14.8 Å². The first-order chi connectivity index (χ1) is 9.78. The Labute approximate surface area is 126 Å². The largest absolute Gasteiger partial charge is 0.493 e. The first-order valence-corrected chi connectivity index (χ1v) is 8.79. The predicted molar refractivity (Wildman–Crippen MR) is 81.9 cm³/mol. The van der Waals surface area contributed by atoms with Gasteiger partial charge in [0.15, 0.2) is 0 Å². The summed E-state index contributed by atoms with van der Waals surface area (Å²) in [5.74, 6) is 0.710. The minimum atomic E-state index is -3.54. The molecule has 1 aliphatic rings. The fourth-order valence-electron chi connectivity index (χ4n) is 2.81. The maximum Gasteiger partial charge on any atom is 0.209 e. The number of nitrogens with two attached hydrogens (primary N) is 1. The molecule has 21 heavy (non-hydrogen) atoms. The Morgan fingerprint density at radius 2 is 1.76 bits per heavy atom. The summed E-state index contributed by atoms with van der Waals surface area (Å²) >= 11 is 0. The van der Waals surface area contributed by atoms with Crippen LogP contribution in [0.5, 0.6) is 5.75 Å². The van der Waals surface area contributed by atoms with Crippen molar-refractivity contribution in [1.82, 2.24) is 0 Å². The molecule has 0 atom stereocenters. The summed E-state index contributed by atoms with van der Waals surface area (Å²) in [5, 5.41) is 5.24. The van der Waals surface area contributed by atoms with Gasteiger partial charge in [0.1, 0.15) is 5.75 Å². The summed E-state index contributed by atoms with van der Waals surface area (Å²) in [7, 11) is -3.54. The van der Waals surface area contributed by atoms with E-state index in [0.29, 0.717) is 32.7 Å². The molecule has 1 aromatic rings. The van der Waals surface area contributed by atoms with E-state index in [2.05, 4.69) is 6.07 Å². The number of hydrogen-bond acceptors (Lipinski definition) is 4. The lowest BCUT2D eigenvalue weighted by Gasteiger charge is -2.36.